The summed E-state index contributed by atoms with van der Waals surface area (Å²) in [6, 6.07) is 8.30. The molecule has 2 fully saturated rings. The second kappa shape index (κ2) is 8.22. The van der Waals surface area contributed by atoms with Gasteiger partial charge < -0.3 is 15.0 Å². The summed E-state index contributed by atoms with van der Waals surface area (Å²) >= 11 is 1.91. The van der Waals surface area contributed by atoms with Gasteiger partial charge in [0.25, 0.3) is 0 Å². The van der Waals surface area contributed by atoms with E-state index in [-0.39, 0.29) is 11.9 Å². The monoisotopic (exact) mass is 412 g/mol. The number of aryl methyl sites for hydroxylation is 2. The first-order chi connectivity index (χ1) is 14.0. The minimum atomic E-state index is -0.461. The van der Waals surface area contributed by atoms with Crippen molar-refractivity contribution in [1.29, 1.82) is 0 Å². The van der Waals surface area contributed by atoms with E-state index in [1.54, 1.807) is 13.3 Å². The lowest BCUT2D eigenvalue weighted by atomic mass is 9.73. The number of rotatable bonds is 6. The highest BCUT2D eigenvalue weighted by molar-refractivity contribution is 7.99. The summed E-state index contributed by atoms with van der Waals surface area (Å²) in [5.74, 6) is 3.99. The van der Waals surface area contributed by atoms with Crippen molar-refractivity contribution in [2.24, 2.45) is 5.41 Å². The highest BCUT2D eigenvalue weighted by atomic mass is 32.2. The number of benzene rings is 1. The molecule has 3 heterocycles. The van der Waals surface area contributed by atoms with Crippen molar-refractivity contribution in [1.82, 2.24) is 15.3 Å². The zero-order valence-electron chi connectivity index (χ0n) is 17.3. The Hall–Kier alpha value is -2.28. The number of ether oxygens (including phenoxy) is 1. The maximum Gasteiger partial charge on any atom is 0.230 e. The lowest BCUT2D eigenvalue weighted by Gasteiger charge is -2.50. The van der Waals surface area contributed by atoms with E-state index in [9.17, 15) is 4.79 Å². The van der Waals surface area contributed by atoms with Gasteiger partial charge in [-0.1, -0.05) is 12.1 Å². The van der Waals surface area contributed by atoms with Crippen LogP contribution >= 0.6 is 11.8 Å². The van der Waals surface area contributed by atoms with Crippen LogP contribution in [-0.2, 0) is 11.2 Å². The van der Waals surface area contributed by atoms with Crippen LogP contribution in [0.3, 0.4) is 0 Å². The summed E-state index contributed by atoms with van der Waals surface area (Å²) < 4.78 is 5.38. The summed E-state index contributed by atoms with van der Waals surface area (Å²) in [6.45, 7) is 5.22. The van der Waals surface area contributed by atoms with E-state index in [1.165, 1.54) is 0 Å². The first-order valence-electron chi connectivity index (χ1n) is 10.1. The molecule has 1 unspecified atom stereocenters. The first-order valence-corrected chi connectivity index (χ1v) is 11.2. The SMILES string of the molecule is COc1cccc(CC2(C(=O)NC3CCSC3)CN(c3nc(C)cnc3C)C2)c1. The number of carbonyl (C=O) groups excluding carboxylic acids is 1. The molecule has 1 atom stereocenters. The summed E-state index contributed by atoms with van der Waals surface area (Å²) in [7, 11) is 1.67. The molecule has 1 aromatic heterocycles. The quantitative estimate of drug-likeness (QED) is 0.787. The molecule has 0 bridgehead atoms. The number of carbonyl (C=O) groups is 1. The Bertz CT molecular complexity index is 892. The minimum absolute atomic E-state index is 0.155. The smallest absolute Gasteiger partial charge is 0.230 e. The lowest BCUT2D eigenvalue weighted by Crippen LogP contribution is -2.65. The van der Waals surface area contributed by atoms with Crippen LogP contribution in [0.15, 0.2) is 30.5 Å². The van der Waals surface area contributed by atoms with Crippen LogP contribution in [-0.4, -0.2) is 53.6 Å². The highest BCUT2D eigenvalue weighted by Crippen LogP contribution is 2.39. The second-order valence-electron chi connectivity index (χ2n) is 8.12. The number of hydrogen-bond acceptors (Lipinski definition) is 6. The van der Waals surface area contributed by atoms with E-state index in [1.807, 2.05) is 43.8 Å². The van der Waals surface area contributed by atoms with E-state index < -0.39 is 5.41 Å². The molecule has 4 rings (SSSR count). The van der Waals surface area contributed by atoms with E-state index in [0.29, 0.717) is 19.5 Å². The van der Waals surface area contributed by atoms with Crippen molar-refractivity contribution in [2.75, 3.05) is 36.6 Å². The topological polar surface area (TPSA) is 67.3 Å². The molecule has 0 aliphatic carbocycles. The van der Waals surface area contributed by atoms with Crippen LogP contribution in [0.5, 0.6) is 5.75 Å². The predicted octanol–water partition coefficient (Wildman–Crippen LogP) is 2.77. The molecule has 2 aliphatic heterocycles. The van der Waals surface area contributed by atoms with Crippen LogP contribution in [0.1, 0.15) is 23.4 Å². The Labute approximate surface area is 176 Å². The number of thioether (sulfide) groups is 1. The Morgan fingerprint density at radius 3 is 2.93 bits per heavy atom. The summed E-state index contributed by atoms with van der Waals surface area (Å²) in [5, 5.41) is 3.31. The van der Waals surface area contributed by atoms with Gasteiger partial charge in [-0.15, -0.1) is 0 Å². The maximum absolute atomic E-state index is 13.4. The number of anilines is 1. The standard InChI is InChI=1S/C22H28N4O2S/c1-15-11-23-16(2)20(24-15)26-13-22(14-26,21(27)25-18-7-8-29-12-18)10-17-5-4-6-19(9-17)28-3/h4-6,9,11,18H,7-8,10,12-14H2,1-3H3,(H,25,27). The van der Waals surface area contributed by atoms with E-state index >= 15 is 0 Å². The van der Waals surface area contributed by atoms with Gasteiger partial charge >= 0.3 is 0 Å². The normalized spacial score (nSPS) is 20.2. The second-order valence-corrected chi connectivity index (χ2v) is 9.27. The van der Waals surface area contributed by atoms with Crippen molar-refractivity contribution in [3.63, 3.8) is 0 Å². The third-order valence-corrected chi connectivity index (χ3v) is 6.92. The fraction of sp³-hybridized carbons (Fsp3) is 0.500. The molecule has 154 valence electrons. The molecule has 1 aromatic carbocycles. The average molecular weight is 413 g/mol. The molecule has 1 N–H and O–H groups in total. The van der Waals surface area contributed by atoms with Gasteiger partial charge in [-0.2, -0.15) is 11.8 Å². The van der Waals surface area contributed by atoms with Crippen molar-refractivity contribution < 1.29 is 9.53 Å². The fourth-order valence-electron chi connectivity index (χ4n) is 4.15. The fourth-order valence-corrected chi connectivity index (χ4v) is 5.31. The average Bonchev–Trinajstić information content (AvgIpc) is 3.19. The van der Waals surface area contributed by atoms with E-state index in [0.717, 1.165) is 46.4 Å². The summed E-state index contributed by atoms with van der Waals surface area (Å²) in [6.07, 6.45) is 3.52. The number of nitrogens with one attached hydrogen (secondary N) is 1. The lowest BCUT2D eigenvalue weighted by molar-refractivity contribution is -0.133. The predicted molar refractivity (Wildman–Crippen MR) is 117 cm³/mol. The van der Waals surface area contributed by atoms with Crippen LogP contribution < -0.4 is 15.0 Å². The number of aromatic nitrogens is 2. The Balaban J connectivity index is 1.56. The van der Waals surface area contributed by atoms with Gasteiger partial charge in [-0.3, -0.25) is 9.78 Å². The molecule has 2 aliphatic rings. The van der Waals surface area contributed by atoms with Gasteiger partial charge in [0.1, 0.15) is 11.6 Å². The number of nitrogens with zero attached hydrogens (tertiary/aromatic N) is 3. The largest absolute Gasteiger partial charge is 0.497 e. The molecule has 7 heteroatoms. The molecule has 0 spiro atoms. The van der Waals surface area contributed by atoms with Gasteiger partial charge in [-0.05, 0) is 50.1 Å². The van der Waals surface area contributed by atoms with Gasteiger partial charge in [0, 0.05) is 31.1 Å². The van der Waals surface area contributed by atoms with E-state index in [2.05, 4.69) is 26.3 Å². The molecule has 1 amide bonds. The highest BCUT2D eigenvalue weighted by Gasteiger charge is 2.50. The molecule has 29 heavy (non-hydrogen) atoms. The number of amides is 1. The molecular formula is C22H28N4O2S. The van der Waals surface area contributed by atoms with Crippen molar-refractivity contribution in [3.05, 3.63) is 47.4 Å². The molecule has 6 nitrogen and oxygen atoms in total. The van der Waals surface area contributed by atoms with Crippen LogP contribution in [0.25, 0.3) is 0 Å². The summed E-state index contributed by atoms with van der Waals surface area (Å²) in [5.41, 5.74) is 2.45. The third kappa shape index (κ3) is 4.20. The Morgan fingerprint density at radius 2 is 2.21 bits per heavy atom. The molecule has 2 saturated heterocycles. The summed E-state index contributed by atoms with van der Waals surface area (Å²) in [4.78, 5) is 24.7. The Morgan fingerprint density at radius 1 is 1.38 bits per heavy atom. The Kier molecular flexibility index (Phi) is 5.67. The van der Waals surface area contributed by atoms with Gasteiger partial charge in [0.2, 0.25) is 5.91 Å². The number of methoxy groups -OCH3 is 1. The number of hydrogen-bond donors (Lipinski definition) is 1. The third-order valence-electron chi connectivity index (χ3n) is 5.76. The van der Waals surface area contributed by atoms with Gasteiger partial charge in [-0.25, -0.2) is 4.98 Å². The van der Waals surface area contributed by atoms with E-state index in [4.69, 9.17) is 4.74 Å². The van der Waals surface area contributed by atoms with Crippen LogP contribution in [0, 0.1) is 19.3 Å². The molecular weight excluding hydrogens is 384 g/mol. The van der Waals surface area contributed by atoms with Gasteiger partial charge in [0.05, 0.1) is 23.9 Å². The van der Waals surface area contributed by atoms with Crippen molar-refractivity contribution in [3.8, 4) is 5.75 Å². The van der Waals surface area contributed by atoms with Gasteiger partial charge in [0.15, 0.2) is 0 Å². The zero-order valence-corrected chi connectivity index (χ0v) is 18.1. The van der Waals surface area contributed by atoms with Crippen LogP contribution in [0.4, 0.5) is 5.82 Å². The maximum atomic E-state index is 13.4. The first kappa shape index (κ1) is 20.0. The zero-order chi connectivity index (χ0) is 20.4. The molecule has 0 radical (unpaired) electrons. The van der Waals surface area contributed by atoms with Crippen molar-refractivity contribution >= 4 is 23.5 Å². The molecule has 0 saturated carbocycles. The van der Waals surface area contributed by atoms with Crippen LogP contribution in [0.2, 0.25) is 0 Å². The van der Waals surface area contributed by atoms with Crippen molar-refractivity contribution in [2.45, 2.75) is 32.7 Å². The minimum Gasteiger partial charge on any atom is -0.497 e. The molecule has 2 aromatic rings.